The van der Waals surface area contributed by atoms with Crippen LogP contribution in [0.4, 0.5) is 0 Å². The molecule has 1 fully saturated rings. The first-order valence-electron chi connectivity index (χ1n) is 8.92. The highest BCUT2D eigenvalue weighted by molar-refractivity contribution is 6.32. The number of benzene rings is 2. The molecule has 2 heterocycles. The van der Waals surface area contributed by atoms with Gasteiger partial charge in [0.25, 0.3) is 5.89 Å². The van der Waals surface area contributed by atoms with Crippen LogP contribution in [0.15, 0.2) is 53.1 Å². The third-order valence-corrected chi connectivity index (χ3v) is 4.98. The van der Waals surface area contributed by atoms with Crippen molar-refractivity contribution in [1.29, 1.82) is 0 Å². The van der Waals surface area contributed by atoms with Gasteiger partial charge in [-0.2, -0.15) is 4.98 Å². The van der Waals surface area contributed by atoms with Crippen molar-refractivity contribution in [3.63, 3.8) is 0 Å². The van der Waals surface area contributed by atoms with Crippen LogP contribution in [0.25, 0.3) is 11.1 Å². The molecule has 0 radical (unpaired) electrons. The van der Waals surface area contributed by atoms with E-state index in [9.17, 15) is 0 Å². The van der Waals surface area contributed by atoms with E-state index in [0.717, 1.165) is 30.8 Å². The molecule has 2 aromatic carbocycles. The molecule has 7 heteroatoms. The lowest BCUT2D eigenvalue weighted by atomic mass is 10.1. The van der Waals surface area contributed by atoms with Gasteiger partial charge >= 0.3 is 0 Å². The second-order valence-electron chi connectivity index (χ2n) is 6.55. The second-order valence-corrected chi connectivity index (χ2v) is 6.95. The van der Waals surface area contributed by atoms with Crippen molar-refractivity contribution < 1.29 is 9.26 Å². The predicted octanol–water partition coefficient (Wildman–Crippen LogP) is 3.55. The quantitative estimate of drug-likeness (QED) is 0.725. The molecule has 1 unspecified atom stereocenters. The summed E-state index contributed by atoms with van der Waals surface area (Å²) in [6.07, 6.45) is 0. The van der Waals surface area contributed by atoms with Crippen LogP contribution < -0.4 is 10.1 Å². The van der Waals surface area contributed by atoms with E-state index >= 15 is 0 Å². The molecule has 0 aliphatic carbocycles. The smallest absolute Gasteiger partial charge is 0.264 e. The van der Waals surface area contributed by atoms with Gasteiger partial charge in [0, 0.05) is 19.6 Å². The minimum Gasteiger partial charge on any atom is -0.482 e. The predicted molar refractivity (Wildman–Crippen MR) is 104 cm³/mol. The average molecular weight is 385 g/mol. The summed E-state index contributed by atoms with van der Waals surface area (Å²) in [4.78, 5) is 6.68. The average Bonchev–Trinajstić information content (AvgIpc) is 3.17. The van der Waals surface area contributed by atoms with Gasteiger partial charge in [0.2, 0.25) is 0 Å². The van der Waals surface area contributed by atoms with Crippen molar-refractivity contribution in [3.05, 3.63) is 65.3 Å². The zero-order chi connectivity index (χ0) is 18.6. The molecular weight excluding hydrogens is 364 g/mol. The van der Waals surface area contributed by atoms with Crippen molar-refractivity contribution in [3.8, 4) is 16.9 Å². The summed E-state index contributed by atoms with van der Waals surface area (Å²) in [7, 11) is 2.06. The number of hydrogen-bond acceptors (Lipinski definition) is 6. The molecule has 1 aromatic heterocycles. The third-order valence-electron chi connectivity index (χ3n) is 4.68. The van der Waals surface area contributed by atoms with E-state index in [1.54, 1.807) is 0 Å². The number of aromatic nitrogens is 2. The van der Waals surface area contributed by atoms with Gasteiger partial charge in [0.15, 0.2) is 12.4 Å². The van der Waals surface area contributed by atoms with Crippen molar-refractivity contribution in [2.45, 2.75) is 12.6 Å². The molecule has 0 saturated carbocycles. The van der Waals surface area contributed by atoms with Crippen LogP contribution >= 0.6 is 11.6 Å². The first kappa shape index (κ1) is 18.0. The van der Waals surface area contributed by atoms with Gasteiger partial charge < -0.3 is 14.6 Å². The first-order valence-corrected chi connectivity index (χ1v) is 9.30. The van der Waals surface area contributed by atoms with Crippen molar-refractivity contribution in [2.75, 3.05) is 26.7 Å². The van der Waals surface area contributed by atoms with Crippen molar-refractivity contribution in [1.82, 2.24) is 20.4 Å². The number of halogens is 1. The Bertz CT molecular complexity index is 900. The van der Waals surface area contributed by atoms with E-state index in [2.05, 4.69) is 27.4 Å². The second kappa shape index (κ2) is 8.08. The molecule has 0 amide bonds. The Hall–Kier alpha value is -2.41. The van der Waals surface area contributed by atoms with Crippen LogP contribution in [0.3, 0.4) is 0 Å². The van der Waals surface area contributed by atoms with Crippen molar-refractivity contribution in [2.24, 2.45) is 0 Å². The summed E-state index contributed by atoms with van der Waals surface area (Å²) in [5.74, 6) is 1.70. The zero-order valence-electron chi connectivity index (χ0n) is 15.1. The molecule has 6 nitrogen and oxygen atoms in total. The highest BCUT2D eigenvalue weighted by Crippen LogP contribution is 2.31. The van der Waals surface area contributed by atoms with Crippen LogP contribution in [0.2, 0.25) is 5.02 Å². The van der Waals surface area contributed by atoms with Gasteiger partial charge in [-0.1, -0.05) is 53.2 Å². The molecule has 1 atom stereocenters. The number of ether oxygens (including phenoxy) is 1. The summed E-state index contributed by atoms with van der Waals surface area (Å²) in [5, 5.41) is 7.99. The Kier molecular flexibility index (Phi) is 5.38. The van der Waals surface area contributed by atoms with E-state index in [0.29, 0.717) is 22.5 Å². The van der Waals surface area contributed by atoms with Gasteiger partial charge in [-0.05, 0) is 30.3 Å². The van der Waals surface area contributed by atoms with Crippen LogP contribution in [0.5, 0.6) is 5.75 Å². The standard InChI is InChI=1S/C20H21ClN4O2/c1-25-10-9-22-12-17(25)20-23-19(27-24-20)13-26-18-8-7-15(11-16(18)21)14-5-3-2-4-6-14/h2-8,11,17,22H,9-10,12-13H2,1H3. The van der Waals surface area contributed by atoms with Gasteiger partial charge in [-0.3, -0.25) is 4.90 Å². The monoisotopic (exact) mass is 384 g/mol. The van der Waals surface area contributed by atoms with Crippen molar-refractivity contribution >= 4 is 11.6 Å². The molecule has 1 N–H and O–H groups in total. The maximum absolute atomic E-state index is 6.39. The lowest BCUT2D eigenvalue weighted by Crippen LogP contribution is -2.44. The fraction of sp³-hybridized carbons (Fsp3) is 0.300. The summed E-state index contributed by atoms with van der Waals surface area (Å²) in [6.45, 7) is 2.91. The number of likely N-dealkylation sites (N-methyl/N-ethyl adjacent to an activating group) is 1. The maximum Gasteiger partial charge on any atom is 0.264 e. The summed E-state index contributed by atoms with van der Waals surface area (Å²) in [6, 6.07) is 15.9. The first-order chi connectivity index (χ1) is 13.2. The molecular formula is C20H21ClN4O2. The normalized spacial score (nSPS) is 17.8. The topological polar surface area (TPSA) is 63.4 Å². The summed E-state index contributed by atoms with van der Waals surface area (Å²) >= 11 is 6.39. The summed E-state index contributed by atoms with van der Waals surface area (Å²) in [5.41, 5.74) is 2.15. The summed E-state index contributed by atoms with van der Waals surface area (Å²) < 4.78 is 11.1. The molecule has 1 aliphatic rings. The molecule has 1 aliphatic heterocycles. The lowest BCUT2D eigenvalue weighted by Gasteiger charge is -2.30. The number of nitrogens with one attached hydrogen (secondary N) is 1. The lowest BCUT2D eigenvalue weighted by molar-refractivity contribution is 0.189. The van der Waals surface area contributed by atoms with Crippen LogP contribution in [0, 0.1) is 0 Å². The largest absolute Gasteiger partial charge is 0.482 e. The Morgan fingerprint density at radius 3 is 2.85 bits per heavy atom. The highest BCUT2D eigenvalue weighted by Gasteiger charge is 2.25. The van der Waals surface area contributed by atoms with Gasteiger partial charge in [0.05, 0.1) is 11.1 Å². The van der Waals surface area contributed by atoms with Crippen LogP contribution in [0.1, 0.15) is 17.8 Å². The Morgan fingerprint density at radius 1 is 1.22 bits per heavy atom. The highest BCUT2D eigenvalue weighted by atomic mass is 35.5. The van der Waals surface area contributed by atoms with E-state index in [1.807, 2.05) is 48.5 Å². The minimum absolute atomic E-state index is 0.116. The van der Waals surface area contributed by atoms with Gasteiger partial charge in [-0.15, -0.1) is 0 Å². The molecule has 0 spiro atoms. The molecule has 1 saturated heterocycles. The van der Waals surface area contributed by atoms with E-state index in [-0.39, 0.29) is 12.6 Å². The Balaban J connectivity index is 1.42. The molecule has 0 bridgehead atoms. The molecule has 140 valence electrons. The molecule has 27 heavy (non-hydrogen) atoms. The number of nitrogens with zero attached hydrogens (tertiary/aromatic N) is 3. The van der Waals surface area contributed by atoms with Crippen LogP contribution in [-0.2, 0) is 6.61 Å². The van der Waals surface area contributed by atoms with Gasteiger partial charge in [-0.25, -0.2) is 0 Å². The molecule has 3 aromatic rings. The number of hydrogen-bond donors (Lipinski definition) is 1. The van der Waals surface area contributed by atoms with E-state index in [1.165, 1.54) is 0 Å². The van der Waals surface area contributed by atoms with Crippen LogP contribution in [-0.4, -0.2) is 41.7 Å². The number of piperazine rings is 1. The fourth-order valence-corrected chi connectivity index (χ4v) is 3.36. The molecule has 4 rings (SSSR count). The number of rotatable bonds is 5. The Labute approximate surface area is 163 Å². The van der Waals surface area contributed by atoms with E-state index < -0.39 is 0 Å². The van der Waals surface area contributed by atoms with Gasteiger partial charge in [0.1, 0.15) is 5.75 Å². The zero-order valence-corrected chi connectivity index (χ0v) is 15.8. The SMILES string of the molecule is CN1CCNCC1c1noc(COc2ccc(-c3ccccc3)cc2Cl)n1. The fourth-order valence-electron chi connectivity index (χ4n) is 3.12. The third kappa shape index (κ3) is 4.13. The van der Waals surface area contributed by atoms with E-state index in [4.69, 9.17) is 20.9 Å². The Morgan fingerprint density at radius 2 is 2.07 bits per heavy atom. The maximum atomic E-state index is 6.39. The minimum atomic E-state index is 0.116.